The number of aromatic nitrogens is 2. The molecule has 0 aliphatic carbocycles. The number of imidazole rings is 1. The molecular weight excluding hydrogens is 440 g/mol. The molecule has 1 heterocycles. The summed E-state index contributed by atoms with van der Waals surface area (Å²) < 4.78 is 0. The van der Waals surface area contributed by atoms with E-state index in [0.717, 1.165) is 0 Å². The van der Waals surface area contributed by atoms with Crippen LogP contribution in [0.4, 0.5) is 0 Å². The van der Waals surface area contributed by atoms with Crippen LogP contribution in [0.25, 0.3) is 0 Å². The number of hydrogen-bond donors (Lipinski definition) is 6. The first-order valence-corrected chi connectivity index (χ1v) is 11.7. The van der Waals surface area contributed by atoms with E-state index in [9.17, 15) is 24.3 Å². The van der Waals surface area contributed by atoms with Gasteiger partial charge in [0.15, 0.2) is 0 Å². The number of carboxylic acids is 1. The molecule has 0 aliphatic rings. The highest BCUT2D eigenvalue weighted by Crippen LogP contribution is 2.11. The van der Waals surface area contributed by atoms with Crippen molar-refractivity contribution in [1.29, 1.82) is 0 Å². The van der Waals surface area contributed by atoms with Crippen molar-refractivity contribution >= 4 is 23.7 Å². The minimum absolute atomic E-state index is 0.0133. The topological polar surface area (TPSA) is 179 Å². The minimum atomic E-state index is -1.21. The van der Waals surface area contributed by atoms with E-state index in [1.807, 2.05) is 27.7 Å². The van der Waals surface area contributed by atoms with Gasteiger partial charge in [-0.1, -0.05) is 48.0 Å². The quantitative estimate of drug-likeness (QED) is 0.225. The van der Waals surface area contributed by atoms with Gasteiger partial charge in [0, 0.05) is 18.3 Å². The van der Waals surface area contributed by atoms with Gasteiger partial charge in [0.05, 0.1) is 12.4 Å². The fourth-order valence-corrected chi connectivity index (χ4v) is 3.35. The van der Waals surface area contributed by atoms with Crippen molar-refractivity contribution < 1.29 is 24.3 Å². The monoisotopic (exact) mass is 480 g/mol. The SMILES string of the molecule is CCC(C)C(N)C(=O)NC(CC(C)C)C(=O)NC(C(=O)NC(Cc1cnc[nH]1)C(=O)O)C(C)C. The molecule has 0 fully saturated rings. The van der Waals surface area contributed by atoms with Crippen LogP contribution in [-0.2, 0) is 25.6 Å². The summed E-state index contributed by atoms with van der Waals surface area (Å²) in [5, 5.41) is 17.4. The second kappa shape index (κ2) is 13.7. The Kier molecular flexibility index (Phi) is 11.7. The molecule has 11 heteroatoms. The van der Waals surface area contributed by atoms with Gasteiger partial charge in [-0.3, -0.25) is 14.4 Å². The summed E-state index contributed by atoms with van der Waals surface area (Å²) in [5.41, 5.74) is 6.57. The minimum Gasteiger partial charge on any atom is -0.480 e. The summed E-state index contributed by atoms with van der Waals surface area (Å²) in [7, 11) is 0. The fraction of sp³-hybridized carbons (Fsp3) is 0.696. The highest BCUT2D eigenvalue weighted by molar-refractivity contribution is 5.94. The van der Waals surface area contributed by atoms with Crippen LogP contribution in [0.2, 0.25) is 0 Å². The maximum atomic E-state index is 13.1. The molecule has 0 aliphatic heterocycles. The Labute approximate surface area is 201 Å². The van der Waals surface area contributed by atoms with Gasteiger partial charge in [-0.25, -0.2) is 9.78 Å². The molecule has 7 N–H and O–H groups in total. The predicted molar refractivity (Wildman–Crippen MR) is 127 cm³/mol. The Morgan fingerprint density at radius 1 is 1.00 bits per heavy atom. The summed E-state index contributed by atoms with van der Waals surface area (Å²) in [6, 6.07) is -3.83. The molecule has 11 nitrogen and oxygen atoms in total. The van der Waals surface area contributed by atoms with E-state index in [4.69, 9.17) is 5.73 Å². The van der Waals surface area contributed by atoms with Crippen LogP contribution in [0.1, 0.15) is 60.1 Å². The molecule has 1 aromatic heterocycles. The van der Waals surface area contributed by atoms with E-state index in [1.165, 1.54) is 12.5 Å². The number of aromatic amines is 1. The number of hydrogen-bond acceptors (Lipinski definition) is 6. The number of carboxylic acid groups (broad SMARTS) is 1. The third-order valence-corrected chi connectivity index (χ3v) is 5.74. The second-order valence-corrected chi connectivity index (χ2v) is 9.51. The maximum Gasteiger partial charge on any atom is 0.326 e. The third-order valence-electron chi connectivity index (χ3n) is 5.74. The highest BCUT2D eigenvalue weighted by atomic mass is 16.4. The van der Waals surface area contributed by atoms with Crippen LogP contribution in [0.5, 0.6) is 0 Å². The summed E-state index contributed by atoms with van der Waals surface area (Å²) in [5.74, 6) is -3.07. The van der Waals surface area contributed by atoms with Crippen LogP contribution < -0.4 is 21.7 Å². The molecule has 0 aromatic carbocycles. The summed E-state index contributed by atoms with van der Waals surface area (Å²) in [6.45, 7) is 11.1. The average molecular weight is 481 g/mol. The Balaban J connectivity index is 2.95. The molecule has 0 saturated carbocycles. The molecule has 0 bridgehead atoms. The van der Waals surface area contributed by atoms with E-state index >= 15 is 0 Å². The Hall–Kier alpha value is -2.95. The van der Waals surface area contributed by atoms with Crippen LogP contribution in [0.15, 0.2) is 12.5 Å². The van der Waals surface area contributed by atoms with Gasteiger partial charge in [0.25, 0.3) is 0 Å². The van der Waals surface area contributed by atoms with E-state index in [2.05, 4.69) is 25.9 Å². The lowest BCUT2D eigenvalue weighted by atomic mass is 9.97. The molecular formula is C23H40N6O5. The Morgan fingerprint density at radius 3 is 2.09 bits per heavy atom. The molecule has 192 valence electrons. The van der Waals surface area contributed by atoms with Crippen LogP contribution in [0.3, 0.4) is 0 Å². The average Bonchev–Trinajstić information content (AvgIpc) is 3.27. The Bertz CT molecular complexity index is 811. The molecule has 0 saturated heterocycles. The zero-order valence-corrected chi connectivity index (χ0v) is 20.9. The standard InChI is InChI=1S/C23H40N6O5/c1-7-14(6)18(24)21(31)27-16(8-12(2)3)20(30)29-19(13(4)5)22(32)28-17(23(33)34)9-15-10-25-11-26-15/h10-14,16-19H,7-9,24H2,1-6H3,(H,25,26)(H,27,31)(H,28,32)(H,29,30)(H,33,34). The van der Waals surface area contributed by atoms with Crippen molar-refractivity contribution in [2.24, 2.45) is 23.5 Å². The van der Waals surface area contributed by atoms with E-state index in [0.29, 0.717) is 18.5 Å². The van der Waals surface area contributed by atoms with Crippen LogP contribution >= 0.6 is 0 Å². The van der Waals surface area contributed by atoms with E-state index < -0.39 is 47.9 Å². The third kappa shape index (κ3) is 9.12. The largest absolute Gasteiger partial charge is 0.480 e. The molecule has 1 aromatic rings. The van der Waals surface area contributed by atoms with Crippen molar-refractivity contribution in [3.63, 3.8) is 0 Å². The van der Waals surface area contributed by atoms with E-state index in [1.54, 1.807) is 13.8 Å². The number of carbonyl (C=O) groups is 4. The maximum absolute atomic E-state index is 13.1. The van der Waals surface area contributed by atoms with Crippen LogP contribution in [0, 0.1) is 17.8 Å². The Morgan fingerprint density at radius 2 is 1.62 bits per heavy atom. The molecule has 0 radical (unpaired) electrons. The van der Waals surface area contributed by atoms with Gasteiger partial charge in [-0.05, 0) is 24.2 Å². The summed E-state index contributed by atoms with van der Waals surface area (Å²) >= 11 is 0. The van der Waals surface area contributed by atoms with Gasteiger partial charge >= 0.3 is 5.97 Å². The van der Waals surface area contributed by atoms with Gasteiger partial charge in [-0.15, -0.1) is 0 Å². The molecule has 5 unspecified atom stereocenters. The molecule has 1 rings (SSSR count). The number of nitrogens with two attached hydrogens (primary N) is 1. The van der Waals surface area contributed by atoms with Crippen molar-refractivity contribution in [3.8, 4) is 0 Å². The van der Waals surface area contributed by atoms with Crippen molar-refractivity contribution in [3.05, 3.63) is 18.2 Å². The lowest BCUT2D eigenvalue weighted by molar-refractivity contribution is -0.142. The number of aliphatic carboxylic acids is 1. The molecule has 0 spiro atoms. The number of nitrogens with zero attached hydrogens (tertiary/aromatic N) is 1. The first-order chi connectivity index (χ1) is 15.9. The second-order valence-electron chi connectivity index (χ2n) is 9.51. The normalized spacial score (nSPS) is 15.8. The smallest absolute Gasteiger partial charge is 0.326 e. The van der Waals surface area contributed by atoms with Crippen molar-refractivity contribution in [2.75, 3.05) is 0 Å². The number of carbonyl (C=O) groups excluding carboxylic acids is 3. The first kappa shape index (κ1) is 29.1. The van der Waals surface area contributed by atoms with Gasteiger partial charge in [0.2, 0.25) is 17.7 Å². The number of rotatable bonds is 14. The summed E-state index contributed by atoms with van der Waals surface area (Å²) in [4.78, 5) is 57.0. The van der Waals surface area contributed by atoms with Gasteiger partial charge in [0.1, 0.15) is 18.1 Å². The van der Waals surface area contributed by atoms with Crippen LogP contribution in [-0.4, -0.2) is 62.9 Å². The van der Waals surface area contributed by atoms with E-state index in [-0.39, 0.29) is 24.2 Å². The lowest BCUT2D eigenvalue weighted by Crippen LogP contribution is -2.59. The first-order valence-electron chi connectivity index (χ1n) is 11.7. The lowest BCUT2D eigenvalue weighted by Gasteiger charge is -2.28. The summed E-state index contributed by atoms with van der Waals surface area (Å²) in [6.07, 6.45) is 3.99. The molecule has 3 amide bonds. The van der Waals surface area contributed by atoms with Crippen molar-refractivity contribution in [1.82, 2.24) is 25.9 Å². The molecule has 34 heavy (non-hydrogen) atoms. The molecule has 5 atom stereocenters. The predicted octanol–water partition coefficient (Wildman–Crippen LogP) is 0.567. The zero-order chi connectivity index (χ0) is 26.0. The zero-order valence-electron chi connectivity index (χ0n) is 20.9. The van der Waals surface area contributed by atoms with Gasteiger partial charge in [-0.2, -0.15) is 0 Å². The number of H-pyrrole nitrogens is 1. The number of amides is 3. The van der Waals surface area contributed by atoms with Gasteiger partial charge < -0.3 is 31.8 Å². The highest BCUT2D eigenvalue weighted by Gasteiger charge is 2.32. The van der Waals surface area contributed by atoms with Crippen molar-refractivity contribution in [2.45, 2.75) is 85.0 Å². The fourth-order valence-electron chi connectivity index (χ4n) is 3.35. The number of nitrogens with one attached hydrogen (secondary N) is 4.